The number of allylic oxidation sites excluding steroid dienone is 2. The zero-order chi connectivity index (χ0) is 7.11. The second-order valence-electron chi connectivity index (χ2n) is 2.29. The van der Waals surface area contributed by atoms with Crippen molar-refractivity contribution in [3.63, 3.8) is 0 Å². The third kappa shape index (κ3) is 5.54. The SMILES string of the molecule is CCC(C)/C=C\CCF. The van der Waals surface area contributed by atoms with Crippen molar-refractivity contribution >= 4 is 0 Å². The fraction of sp³-hybridized carbons (Fsp3) is 0.750. The largest absolute Gasteiger partial charge is 0.251 e. The number of halogens is 1. The molecule has 1 atom stereocenters. The molecule has 1 unspecified atom stereocenters. The molecule has 0 bridgehead atoms. The van der Waals surface area contributed by atoms with Crippen LogP contribution in [0.5, 0.6) is 0 Å². The molecule has 0 rings (SSSR count). The molecule has 0 aliphatic carbocycles. The van der Waals surface area contributed by atoms with Gasteiger partial charge in [0.2, 0.25) is 0 Å². The summed E-state index contributed by atoms with van der Waals surface area (Å²) in [6.45, 7) is 4.03. The molecule has 9 heavy (non-hydrogen) atoms. The minimum Gasteiger partial charge on any atom is -0.251 e. The molecule has 0 amide bonds. The van der Waals surface area contributed by atoms with E-state index in [1.807, 2.05) is 6.08 Å². The van der Waals surface area contributed by atoms with Crippen molar-refractivity contribution in [1.29, 1.82) is 0 Å². The van der Waals surface area contributed by atoms with Gasteiger partial charge in [0.15, 0.2) is 0 Å². The Bertz CT molecular complexity index is 76.6. The van der Waals surface area contributed by atoms with Gasteiger partial charge < -0.3 is 0 Å². The summed E-state index contributed by atoms with van der Waals surface area (Å²) in [4.78, 5) is 0. The van der Waals surface area contributed by atoms with Gasteiger partial charge in [-0.2, -0.15) is 0 Å². The summed E-state index contributed by atoms with van der Waals surface area (Å²) in [5.74, 6) is 0.608. The highest BCUT2D eigenvalue weighted by Crippen LogP contribution is 2.02. The molecule has 0 aromatic heterocycles. The summed E-state index contributed by atoms with van der Waals surface area (Å²) in [6, 6.07) is 0. The van der Waals surface area contributed by atoms with E-state index in [1.54, 1.807) is 0 Å². The Hall–Kier alpha value is -0.330. The van der Waals surface area contributed by atoms with E-state index in [-0.39, 0.29) is 6.67 Å². The van der Waals surface area contributed by atoms with Crippen molar-refractivity contribution in [2.45, 2.75) is 26.7 Å². The van der Waals surface area contributed by atoms with Crippen molar-refractivity contribution < 1.29 is 4.39 Å². The molecule has 0 fully saturated rings. The molecular weight excluding hydrogens is 115 g/mol. The molecule has 0 aromatic rings. The predicted molar refractivity (Wildman–Crippen MR) is 39.2 cm³/mol. The van der Waals surface area contributed by atoms with Gasteiger partial charge in [0.1, 0.15) is 0 Å². The molecule has 0 radical (unpaired) electrons. The molecule has 54 valence electrons. The first-order valence-electron chi connectivity index (χ1n) is 3.53. The third-order valence-corrected chi connectivity index (χ3v) is 1.38. The molecule has 1 heteroatoms. The standard InChI is InChI=1S/C8H15F/c1-3-8(2)6-4-5-7-9/h4,6,8H,3,5,7H2,1-2H3/b6-4-. The third-order valence-electron chi connectivity index (χ3n) is 1.38. The predicted octanol–water partition coefficient (Wildman–Crippen LogP) is 2.95. The lowest BCUT2D eigenvalue weighted by Crippen LogP contribution is -1.83. The van der Waals surface area contributed by atoms with Crippen LogP contribution < -0.4 is 0 Å². The molecule has 0 aliphatic heterocycles. The van der Waals surface area contributed by atoms with Crippen LogP contribution in [0.4, 0.5) is 4.39 Å². The Morgan fingerprint density at radius 2 is 2.22 bits per heavy atom. The maximum Gasteiger partial charge on any atom is 0.0928 e. The molecule has 0 spiro atoms. The first-order valence-corrected chi connectivity index (χ1v) is 3.53. The highest BCUT2D eigenvalue weighted by Gasteiger charge is 1.88. The molecular formula is C8H15F. The summed E-state index contributed by atoms with van der Waals surface area (Å²) in [7, 11) is 0. The number of alkyl halides is 1. The van der Waals surface area contributed by atoms with E-state index in [1.165, 1.54) is 0 Å². The summed E-state index contributed by atoms with van der Waals surface area (Å²) in [5.41, 5.74) is 0. The van der Waals surface area contributed by atoms with Crippen LogP contribution in [-0.4, -0.2) is 6.67 Å². The zero-order valence-corrected chi connectivity index (χ0v) is 6.23. The van der Waals surface area contributed by atoms with Gasteiger partial charge in [0.25, 0.3) is 0 Å². The van der Waals surface area contributed by atoms with E-state index < -0.39 is 0 Å². The monoisotopic (exact) mass is 130 g/mol. The average molecular weight is 130 g/mol. The fourth-order valence-electron chi connectivity index (χ4n) is 0.528. The summed E-state index contributed by atoms with van der Waals surface area (Å²) < 4.78 is 11.5. The second kappa shape index (κ2) is 5.80. The van der Waals surface area contributed by atoms with Gasteiger partial charge in [-0.05, 0) is 12.3 Å². The van der Waals surface area contributed by atoms with Crippen molar-refractivity contribution in [3.8, 4) is 0 Å². The summed E-state index contributed by atoms with van der Waals surface area (Å²) in [6.07, 6.45) is 5.70. The van der Waals surface area contributed by atoms with E-state index in [9.17, 15) is 4.39 Å². The minimum absolute atomic E-state index is 0.229. The molecule has 0 saturated carbocycles. The van der Waals surface area contributed by atoms with Gasteiger partial charge in [-0.1, -0.05) is 32.4 Å². The zero-order valence-electron chi connectivity index (χ0n) is 6.23. The van der Waals surface area contributed by atoms with Crippen molar-refractivity contribution in [2.24, 2.45) is 5.92 Å². The van der Waals surface area contributed by atoms with Crippen LogP contribution in [0.25, 0.3) is 0 Å². The molecule has 0 nitrogen and oxygen atoms in total. The Balaban J connectivity index is 3.20. The van der Waals surface area contributed by atoms with Gasteiger partial charge >= 0.3 is 0 Å². The average Bonchev–Trinajstić information content (AvgIpc) is 1.89. The molecule has 0 saturated heterocycles. The van der Waals surface area contributed by atoms with E-state index in [4.69, 9.17) is 0 Å². The van der Waals surface area contributed by atoms with Gasteiger partial charge in [0.05, 0.1) is 6.67 Å². The van der Waals surface area contributed by atoms with Crippen molar-refractivity contribution in [1.82, 2.24) is 0 Å². The van der Waals surface area contributed by atoms with E-state index in [0.29, 0.717) is 12.3 Å². The first-order chi connectivity index (χ1) is 4.31. The van der Waals surface area contributed by atoms with Crippen LogP contribution >= 0.6 is 0 Å². The lowest BCUT2D eigenvalue weighted by atomic mass is 10.1. The highest BCUT2D eigenvalue weighted by atomic mass is 19.1. The van der Waals surface area contributed by atoms with Gasteiger partial charge in [-0.15, -0.1) is 0 Å². The van der Waals surface area contributed by atoms with Crippen LogP contribution in [-0.2, 0) is 0 Å². The van der Waals surface area contributed by atoms with Crippen LogP contribution in [0.15, 0.2) is 12.2 Å². The Labute approximate surface area is 56.8 Å². The highest BCUT2D eigenvalue weighted by molar-refractivity contribution is 4.85. The van der Waals surface area contributed by atoms with E-state index >= 15 is 0 Å². The molecule has 0 N–H and O–H groups in total. The summed E-state index contributed by atoms with van der Waals surface area (Å²) >= 11 is 0. The fourth-order valence-corrected chi connectivity index (χ4v) is 0.528. The van der Waals surface area contributed by atoms with Crippen molar-refractivity contribution in [2.75, 3.05) is 6.67 Å². The van der Waals surface area contributed by atoms with E-state index in [2.05, 4.69) is 19.9 Å². The maximum absolute atomic E-state index is 11.5. The smallest absolute Gasteiger partial charge is 0.0928 e. The number of rotatable bonds is 4. The van der Waals surface area contributed by atoms with Crippen molar-refractivity contribution in [3.05, 3.63) is 12.2 Å². The van der Waals surface area contributed by atoms with Gasteiger partial charge in [0, 0.05) is 0 Å². The lowest BCUT2D eigenvalue weighted by molar-refractivity contribution is 0.500. The van der Waals surface area contributed by atoms with Gasteiger partial charge in [-0.3, -0.25) is 4.39 Å². The second-order valence-corrected chi connectivity index (χ2v) is 2.29. The topological polar surface area (TPSA) is 0 Å². The molecule has 0 heterocycles. The lowest BCUT2D eigenvalue weighted by Gasteiger charge is -1.97. The Kier molecular flexibility index (Phi) is 5.59. The first kappa shape index (κ1) is 8.67. The summed E-state index contributed by atoms with van der Waals surface area (Å²) in [5, 5.41) is 0. The van der Waals surface area contributed by atoms with Crippen LogP contribution in [0.2, 0.25) is 0 Å². The maximum atomic E-state index is 11.5. The van der Waals surface area contributed by atoms with Crippen LogP contribution in [0.3, 0.4) is 0 Å². The molecule has 0 aliphatic rings. The number of hydrogen-bond acceptors (Lipinski definition) is 0. The normalized spacial score (nSPS) is 14.6. The van der Waals surface area contributed by atoms with Crippen LogP contribution in [0.1, 0.15) is 26.7 Å². The Morgan fingerprint density at radius 1 is 1.56 bits per heavy atom. The molecule has 0 aromatic carbocycles. The van der Waals surface area contributed by atoms with E-state index in [0.717, 1.165) is 6.42 Å². The Morgan fingerprint density at radius 3 is 2.67 bits per heavy atom. The number of hydrogen-bond donors (Lipinski definition) is 0. The quantitative estimate of drug-likeness (QED) is 0.513. The van der Waals surface area contributed by atoms with Gasteiger partial charge in [-0.25, -0.2) is 0 Å². The van der Waals surface area contributed by atoms with Crippen LogP contribution in [0, 0.1) is 5.92 Å². The minimum atomic E-state index is -0.229.